The Balaban J connectivity index is 2.38. The molecule has 1 aliphatic carbocycles. The van der Waals surface area contributed by atoms with Crippen LogP contribution in [0.15, 0.2) is 0 Å². The Labute approximate surface area is 112 Å². The maximum atomic E-state index is 11.6. The van der Waals surface area contributed by atoms with Crippen LogP contribution in [0.1, 0.15) is 26.2 Å². The standard InChI is InChI=1S/C12H21N3O4/c1-12(10(17)18,8-4-5-8)14-11(19)13-7-6-9(16)15(2)3/h8H,4-7H2,1-3H3,(H,17,18)(H2,13,14,19). The first-order chi connectivity index (χ1) is 8.77. The molecule has 0 spiro atoms. The predicted molar refractivity (Wildman–Crippen MR) is 68.6 cm³/mol. The van der Waals surface area contributed by atoms with E-state index in [1.54, 1.807) is 14.1 Å². The molecule has 3 N–H and O–H groups in total. The van der Waals surface area contributed by atoms with E-state index >= 15 is 0 Å². The normalized spacial score (nSPS) is 17.2. The van der Waals surface area contributed by atoms with Crippen LogP contribution in [0.2, 0.25) is 0 Å². The molecule has 0 aromatic heterocycles. The summed E-state index contributed by atoms with van der Waals surface area (Å²) >= 11 is 0. The Morgan fingerprint density at radius 3 is 2.32 bits per heavy atom. The lowest BCUT2D eigenvalue weighted by Gasteiger charge is -2.26. The fourth-order valence-electron chi connectivity index (χ4n) is 1.78. The maximum absolute atomic E-state index is 11.6. The molecule has 1 aliphatic rings. The molecule has 1 saturated carbocycles. The summed E-state index contributed by atoms with van der Waals surface area (Å²) in [5.74, 6) is -1.14. The van der Waals surface area contributed by atoms with Crippen LogP contribution in [0.3, 0.4) is 0 Å². The van der Waals surface area contributed by atoms with Gasteiger partial charge in [-0.05, 0) is 25.7 Å². The quantitative estimate of drug-likeness (QED) is 0.634. The zero-order valence-corrected chi connectivity index (χ0v) is 11.5. The Kier molecular flexibility index (Phi) is 4.74. The molecule has 0 heterocycles. The van der Waals surface area contributed by atoms with Crippen molar-refractivity contribution in [3.05, 3.63) is 0 Å². The lowest BCUT2D eigenvalue weighted by atomic mass is 9.96. The van der Waals surface area contributed by atoms with Gasteiger partial charge in [0.1, 0.15) is 5.54 Å². The first-order valence-electron chi connectivity index (χ1n) is 6.27. The van der Waals surface area contributed by atoms with Crippen LogP contribution < -0.4 is 10.6 Å². The number of aliphatic carboxylic acids is 1. The van der Waals surface area contributed by atoms with Crippen molar-refractivity contribution >= 4 is 17.9 Å². The van der Waals surface area contributed by atoms with Crippen molar-refractivity contribution in [2.75, 3.05) is 20.6 Å². The largest absolute Gasteiger partial charge is 0.480 e. The number of amides is 3. The van der Waals surface area contributed by atoms with Gasteiger partial charge in [-0.2, -0.15) is 0 Å². The van der Waals surface area contributed by atoms with Crippen molar-refractivity contribution in [2.24, 2.45) is 5.92 Å². The van der Waals surface area contributed by atoms with Gasteiger partial charge in [-0.15, -0.1) is 0 Å². The molecule has 0 aromatic rings. The Morgan fingerprint density at radius 1 is 1.32 bits per heavy atom. The summed E-state index contributed by atoms with van der Waals surface area (Å²) in [5, 5.41) is 14.2. The molecule has 1 rings (SSSR count). The Bertz CT molecular complexity index is 379. The smallest absolute Gasteiger partial charge is 0.329 e. The lowest BCUT2D eigenvalue weighted by molar-refractivity contribution is -0.144. The summed E-state index contributed by atoms with van der Waals surface area (Å²) < 4.78 is 0. The first kappa shape index (κ1) is 15.3. The second kappa shape index (κ2) is 5.90. The van der Waals surface area contributed by atoms with Gasteiger partial charge >= 0.3 is 12.0 Å². The van der Waals surface area contributed by atoms with Crippen molar-refractivity contribution in [1.29, 1.82) is 0 Å². The maximum Gasteiger partial charge on any atom is 0.329 e. The van der Waals surface area contributed by atoms with Crippen LogP contribution in [-0.2, 0) is 9.59 Å². The number of urea groups is 1. The van der Waals surface area contributed by atoms with E-state index in [0.717, 1.165) is 12.8 Å². The minimum absolute atomic E-state index is 0.0147. The van der Waals surface area contributed by atoms with Gasteiger partial charge in [0.05, 0.1) is 0 Å². The molecule has 0 aromatic carbocycles. The molecule has 3 amide bonds. The highest BCUT2D eigenvalue weighted by molar-refractivity contribution is 5.86. The number of carboxylic acid groups (broad SMARTS) is 1. The van der Waals surface area contributed by atoms with Crippen molar-refractivity contribution in [2.45, 2.75) is 31.7 Å². The van der Waals surface area contributed by atoms with Gasteiger partial charge < -0.3 is 20.6 Å². The fraction of sp³-hybridized carbons (Fsp3) is 0.750. The van der Waals surface area contributed by atoms with Gasteiger partial charge in [0, 0.05) is 27.1 Å². The predicted octanol–water partition coefficient (Wildman–Crippen LogP) is 0.0172. The number of rotatable bonds is 6. The average Bonchev–Trinajstić information content (AvgIpc) is 3.12. The second-order valence-electron chi connectivity index (χ2n) is 5.20. The fourth-order valence-corrected chi connectivity index (χ4v) is 1.78. The highest BCUT2D eigenvalue weighted by Crippen LogP contribution is 2.39. The van der Waals surface area contributed by atoms with E-state index < -0.39 is 17.5 Å². The van der Waals surface area contributed by atoms with Crippen LogP contribution in [0.5, 0.6) is 0 Å². The van der Waals surface area contributed by atoms with E-state index in [0.29, 0.717) is 0 Å². The SMILES string of the molecule is CN(C)C(=O)CCNC(=O)NC(C)(C(=O)O)C1CC1. The van der Waals surface area contributed by atoms with Crippen molar-refractivity contribution in [3.63, 3.8) is 0 Å². The van der Waals surface area contributed by atoms with Crippen LogP contribution in [0.25, 0.3) is 0 Å². The lowest BCUT2D eigenvalue weighted by Crippen LogP contribution is -2.56. The van der Waals surface area contributed by atoms with Crippen LogP contribution >= 0.6 is 0 Å². The highest BCUT2D eigenvalue weighted by atomic mass is 16.4. The van der Waals surface area contributed by atoms with Crippen molar-refractivity contribution < 1.29 is 19.5 Å². The minimum Gasteiger partial charge on any atom is -0.480 e. The molecule has 0 saturated heterocycles. The number of nitrogens with zero attached hydrogens (tertiary/aromatic N) is 1. The summed E-state index contributed by atoms with van der Waals surface area (Å²) in [6.07, 6.45) is 1.80. The van der Waals surface area contributed by atoms with E-state index in [-0.39, 0.29) is 24.8 Å². The third-order valence-corrected chi connectivity index (χ3v) is 3.33. The van der Waals surface area contributed by atoms with E-state index in [4.69, 9.17) is 0 Å². The molecule has 7 nitrogen and oxygen atoms in total. The third kappa shape index (κ3) is 4.11. The number of hydrogen-bond acceptors (Lipinski definition) is 3. The van der Waals surface area contributed by atoms with Crippen molar-refractivity contribution in [3.8, 4) is 0 Å². The summed E-state index contributed by atoms with van der Waals surface area (Å²) in [5.41, 5.74) is -1.23. The number of nitrogens with one attached hydrogen (secondary N) is 2. The van der Waals surface area contributed by atoms with Crippen molar-refractivity contribution in [1.82, 2.24) is 15.5 Å². The summed E-state index contributed by atoms with van der Waals surface area (Å²) in [6, 6.07) is -0.552. The molecule has 19 heavy (non-hydrogen) atoms. The molecule has 0 bridgehead atoms. The first-order valence-corrected chi connectivity index (χ1v) is 6.27. The zero-order valence-electron chi connectivity index (χ0n) is 11.5. The van der Waals surface area contributed by atoms with E-state index in [1.165, 1.54) is 11.8 Å². The third-order valence-electron chi connectivity index (χ3n) is 3.33. The van der Waals surface area contributed by atoms with Gasteiger partial charge in [-0.25, -0.2) is 9.59 Å². The molecule has 1 atom stereocenters. The molecule has 0 aliphatic heterocycles. The Morgan fingerprint density at radius 2 is 1.89 bits per heavy atom. The number of hydrogen-bond donors (Lipinski definition) is 3. The zero-order chi connectivity index (χ0) is 14.6. The van der Waals surface area contributed by atoms with Crippen LogP contribution in [0, 0.1) is 5.92 Å². The van der Waals surface area contributed by atoms with E-state index in [1.807, 2.05) is 0 Å². The van der Waals surface area contributed by atoms with Crippen LogP contribution in [0.4, 0.5) is 4.79 Å². The van der Waals surface area contributed by atoms with Gasteiger partial charge in [-0.3, -0.25) is 4.79 Å². The molecule has 7 heteroatoms. The van der Waals surface area contributed by atoms with Gasteiger partial charge in [-0.1, -0.05) is 0 Å². The highest BCUT2D eigenvalue weighted by Gasteiger charge is 2.48. The summed E-state index contributed by atoms with van der Waals surface area (Å²) in [7, 11) is 3.27. The Hall–Kier alpha value is -1.79. The van der Waals surface area contributed by atoms with Gasteiger partial charge in [0.15, 0.2) is 0 Å². The van der Waals surface area contributed by atoms with E-state index in [9.17, 15) is 19.5 Å². The molecular formula is C12H21N3O4. The molecular weight excluding hydrogens is 250 g/mol. The number of carbonyl (C=O) groups excluding carboxylic acids is 2. The second-order valence-corrected chi connectivity index (χ2v) is 5.20. The monoisotopic (exact) mass is 271 g/mol. The summed E-state index contributed by atoms with van der Waals surface area (Å²) in [4.78, 5) is 35.6. The molecule has 0 radical (unpaired) electrons. The van der Waals surface area contributed by atoms with Crippen LogP contribution in [-0.4, -0.2) is 54.1 Å². The van der Waals surface area contributed by atoms with Gasteiger partial charge in [0.2, 0.25) is 5.91 Å². The minimum atomic E-state index is -1.23. The molecule has 1 unspecified atom stereocenters. The average molecular weight is 271 g/mol. The summed E-state index contributed by atoms with van der Waals surface area (Å²) in [6.45, 7) is 1.70. The topological polar surface area (TPSA) is 98.7 Å². The number of carboxylic acids is 1. The molecule has 1 fully saturated rings. The van der Waals surface area contributed by atoms with E-state index in [2.05, 4.69) is 10.6 Å². The van der Waals surface area contributed by atoms with Gasteiger partial charge in [0.25, 0.3) is 0 Å². The number of carbonyl (C=O) groups is 3. The molecule has 108 valence electrons.